The summed E-state index contributed by atoms with van der Waals surface area (Å²) in [6.07, 6.45) is 0. The molecule has 1 saturated heterocycles. The second-order valence-electron chi connectivity index (χ2n) is 4.80. The quantitative estimate of drug-likeness (QED) is 0.772. The van der Waals surface area contributed by atoms with E-state index in [1.54, 1.807) is 0 Å². The van der Waals surface area contributed by atoms with Gasteiger partial charge in [0.2, 0.25) is 0 Å². The first-order chi connectivity index (χ1) is 9.33. The maximum atomic E-state index is 6.16. The molecule has 19 heavy (non-hydrogen) atoms. The molecule has 0 N–H and O–H groups in total. The molecule has 0 bridgehead atoms. The maximum absolute atomic E-state index is 6.16. The molecule has 1 aliphatic rings. The molecule has 2 unspecified atom stereocenters. The fourth-order valence-corrected chi connectivity index (χ4v) is 2.33. The lowest BCUT2D eigenvalue weighted by molar-refractivity contribution is 0.293. The zero-order valence-corrected chi connectivity index (χ0v) is 11.4. The summed E-state index contributed by atoms with van der Waals surface area (Å²) in [6, 6.07) is 18.5. The van der Waals surface area contributed by atoms with Crippen molar-refractivity contribution in [1.29, 1.82) is 0 Å². The Morgan fingerprint density at radius 3 is 2.58 bits per heavy atom. The molecular weight excluding hydrogens is 258 g/mol. The van der Waals surface area contributed by atoms with Crippen molar-refractivity contribution in [2.75, 3.05) is 13.2 Å². The number of nitrogens with zero attached hydrogens (tertiary/aromatic N) is 1. The van der Waals surface area contributed by atoms with Crippen LogP contribution in [0.15, 0.2) is 54.6 Å². The highest BCUT2D eigenvalue weighted by Crippen LogP contribution is 2.25. The van der Waals surface area contributed by atoms with E-state index >= 15 is 0 Å². The van der Waals surface area contributed by atoms with Crippen LogP contribution in [0.4, 0.5) is 0 Å². The number of ether oxygens (including phenoxy) is 1. The van der Waals surface area contributed by atoms with Crippen LogP contribution >= 0.6 is 11.6 Å². The zero-order chi connectivity index (χ0) is 13.1. The Morgan fingerprint density at radius 2 is 1.79 bits per heavy atom. The van der Waals surface area contributed by atoms with Gasteiger partial charge >= 0.3 is 0 Å². The predicted octanol–water partition coefficient (Wildman–Crippen LogP) is 3.60. The van der Waals surface area contributed by atoms with E-state index in [4.69, 9.17) is 16.3 Å². The maximum Gasteiger partial charge on any atom is 0.119 e. The van der Waals surface area contributed by atoms with Crippen LogP contribution in [-0.4, -0.2) is 24.1 Å². The highest BCUT2D eigenvalue weighted by molar-refractivity contribution is 6.31. The van der Waals surface area contributed by atoms with Crippen molar-refractivity contribution in [3.8, 4) is 5.75 Å². The average molecular weight is 274 g/mol. The fourth-order valence-electron chi connectivity index (χ4n) is 2.13. The third-order valence-electron chi connectivity index (χ3n) is 3.34. The topological polar surface area (TPSA) is 12.2 Å². The van der Waals surface area contributed by atoms with E-state index in [1.807, 2.05) is 48.5 Å². The van der Waals surface area contributed by atoms with Crippen molar-refractivity contribution < 1.29 is 4.74 Å². The number of halogens is 1. The van der Waals surface area contributed by atoms with Crippen molar-refractivity contribution in [2.24, 2.45) is 0 Å². The summed E-state index contributed by atoms with van der Waals surface area (Å²) in [5.74, 6) is 0.937. The first-order valence-corrected chi connectivity index (χ1v) is 6.86. The van der Waals surface area contributed by atoms with Crippen LogP contribution in [0.25, 0.3) is 0 Å². The lowest BCUT2D eigenvalue weighted by atomic mass is 10.2. The molecule has 0 saturated carbocycles. The van der Waals surface area contributed by atoms with E-state index in [0.29, 0.717) is 6.04 Å². The minimum atomic E-state index is 0.511. The minimum absolute atomic E-state index is 0.511. The van der Waals surface area contributed by atoms with Gasteiger partial charge in [0.05, 0.1) is 6.04 Å². The van der Waals surface area contributed by atoms with Crippen LogP contribution < -0.4 is 4.74 Å². The Balaban J connectivity index is 1.48. The van der Waals surface area contributed by atoms with Gasteiger partial charge in [-0.25, -0.2) is 0 Å². The van der Waals surface area contributed by atoms with Crippen LogP contribution in [0, 0.1) is 0 Å². The first kappa shape index (κ1) is 12.5. The Labute approximate surface area is 118 Å². The Hall–Kier alpha value is -1.51. The zero-order valence-electron chi connectivity index (χ0n) is 10.6. The number of rotatable bonds is 5. The van der Waals surface area contributed by atoms with E-state index in [2.05, 4.69) is 11.0 Å². The summed E-state index contributed by atoms with van der Waals surface area (Å²) in [4.78, 5) is 2.37. The van der Waals surface area contributed by atoms with Gasteiger partial charge in [-0.3, -0.25) is 4.90 Å². The molecule has 2 nitrogen and oxygen atoms in total. The summed E-state index contributed by atoms with van der Waals surface area (Å²) in [5.41, 5.74) is 1.19. The number of para-hydroxylation sites is 1. The molecule has 0 aromatic heterocycles. The third kappa shape index (κ3) is 3.28. The van der Waals surface area contributed by atoms with E-state index in [9.17, 15) is 0 Å². The van der Waals surface area contributed by atoms with Gasteiger partial charge in [-0.1, -0.05) is 48.0 Å². The number of benzene rings is 2. The van der Waals surface area contributed by atoms with Crippen LogP contribution in [0.5, 0.6) is 5.75 Å². The van der Waals surface area contributed by atoms with Crippen molar-refractivity contribution in [2.45, 2.75) is 12.6 Å². The molecule has 0 aliphatic carbocycles. The van der Waals surface area contributed by atoms with Crippen LogP contribution in [0.3, 0.4) is 0 Å². The van der Waals surface area contributed by atoms with Gasteiger partial charge < -0.3 is 4.74 Å². The SMILES string of the molecule is Clc1ccccc1CN1CC1COc1ccccc1. The van der Waals surface area contributed by atoms with Gasteiger partial charge in [0, 0.05) is 18.1 Å². The van der Waals surface area contributed by atoms with Gasteiger partial charge in [-0.05, 0) is 23.8 Å². The molecule has 2 atom stereocenters. The molecule has 0 radical (unpaired) electrons. The minimum Gasteiger partial charge on any atom is -0.492 e. The van der Waals surface area contributed by atoms with Gasteiger partial charge in [0.15, 0.2) is 0 Å². The van der Waals surface area contributed by atoms with Gasteiger partial charge in [0.25, 0.3) is 0 Å². The molecule has 0 amide bonds. The monoisotopic (exact) mass is 273 g/mol. The summed E-state index contributed by atoms with van der Waals surface area (Å²) < 4.78 is 5.75. The Morgan fingerprint density at radius 1 is 1.05 bits per heavy atom. The van der Waals surface area contributed by atoms with Gasteiger partial charge in [-0.2, -0.15) is 0 Å². The third-order valence-corrected chi connectivity index (χ3v) is 3.71. The van der Waals surface area contributed by atoms with E-state index in [-0.39, 0.29) is 0 Å². The van der Waals surface area contributed by atoms with Crippen molar-refractivity contribution >= 4 is 11.6 Å². The standard InChI is InChI=1S/C16H16ClNO/c17-16-9-5-4-6-13(16)10-18-11-14(18)12-19-15-7-2-1-3-8-15/h1-9,14H,10-12H2. The molecule has 2 aromatic rings. The summed E-state index contributed by atoms with van der Waals surface area (Å²) in [7, 11) is 0. The molecule has 1 aliphatic heterocycles. The number of hydrogen-bond acceptors (Lipinski definition) is 2. The highest BCUT2D eigenvalue weighted by Gasteiger charge is 2.34. The van der Waals surface area contributed by atoms with E-state index in [0.717, 1.165) is 30.5 Å². The lowest BCUT2D eigenvalue weighted by Gasteiger charge is -2.07. The smallest absolute Gasteiger partial charge is 0.119 e. The second-order valence-corrected chi connectivity index (χ2v) is 5.21. The molecule has 1 heterocycles. The summed E-state index contributed by atoms with van der Waals surface area (Å²) in [6.45, 7) is 2.73. The summed E-state index contributed by atoms with van der Waals surface area (Å²) in [5, 5.41) is 0.845. The fraction of sp³-hybridized carbons (Fsp3) is 0.250. The van der Waals surface area contributed by atoms with Crippen LogP contribution in [0.2, 0.25) is 5.02 Å². The van der Waals surface area contributed by atoms with Crippen molar-refractivity contribution in [3.05, 3.63) is 65.2 Å². The molecular formula is C16H16ClNO. The van der Waals surface area contributed by atoms with Gasteiger partial charge in [0.1, 0.15) is 12.4 Å². The number of hydrogen-bond donors (Lipinski definition) is 0. The average Bonchev–Trinajstić information content (AvgIpc) is 3.19. The van der Waals surface area contributed by atoms with Gasteiger partial charge in [-0.15, -0.1) is 0 Å². The molecule has 3 heteroatoms. The molecule has 2 aromatic carbocycles. The Kier molecular flexibility index (Phi) is 3.72. The van der Waals surface area contributed by atoms with Crippen LogP contribution in [0.1, 0.15) is 5.56 Å². The van der Waals surface area contributed by atoms with E-state index < -0.39 is 0 Å². The highest BCUT2D eigenvalue weighted by atomic mass is 35.5. The molecule has 98 valence electrons. The lowest BCUT2D eigenvalue weighted by Crippen LogP contribution is -2.11. The van der Waals surface area contributed by atoms with E-state index in [1.165, 1.54) is 5.56 Å². The molecule has 0 spiro atoms. The largest absolute Gasteiger partial charge is 0.492 e. The van der Waals surface area contributed by atoms with Crippen molar-refractivity contribution in [3.63, 3.8) is 0 Å². The van der Waals surface area contributed by atoms with Crippen LogP contribution in [-0.2, 0) is 6.54 Å². The predicted molar refractivity (Wildman–Crippen MR) is 77.6 cm³/mol. The Bertz CT molecular complexity index is 543. The second kappa shape index (κ2) is 5.64. The molecule has 1 fully saturated rings. The first-order valence-electron chi connectivity index (χ1n) is 6.48. The normalized spacial score (nSPS) is 21.1. The van der Waals surface area contributed by atoms with Crippen molar-refractivity contribution in [1.82, 2.24) is 4.90 Å². The molecule has 3 rings (SSSR count). The summed E-state index contributed by atoms with van der Waals surface area (Å²) >= 11 is 6.16.